The van der Waals surface area contributed by atoms with Gasteiger partial charge in [-0.3, -0.25) is 0 Å². The molecule has 3 aromatic rings. The Morgan fingerprint density at radius 1 is 0.950 bits per heavy atom. The molecule has 0 aliphatic rings. The smallest absolute Gasteiger partial charge is 0.222 e. The molecule has 3 rings (SSSR count). The molecule has 0 spiro atoms. The van der Waals surface area contributed by atoms with E-state index in [4.69, 9.17) is 23.1 Å². The van der Waals surface area contributed by atoms with Crippen molar-refractivity contribution in [1.82, 2.24) is 9.97 Å². The zero-order valence-corrected chi connectivity index (χ0v) is 11.6. The summed E-state index contributed by atoms with van der Waals surface area (Å²) in [6.45, 7) is 1.98. The van der Waals surface area contributed by atoms with Crippen molar-refractivity contribution >= 4 is 34.3 Å². The summed E-state index contributed by atoms with van der Waals surface area (Å²) in [5, 5.41) is 1.52. The van der Waals surface area contributed by atoms with Crippen LogP contribution in [0, 0.1) is 6.92 Å². The van der Waals surface area contributed by atoms with E-state index in [1.54, 1.807) is 0 Å². The van der Waals surface area contributed by atoms with Crippen LogP contribution in [0.15, 0.2) is 36.4 Å². The van der Waals surface area contributed by atoms with Crippen LogP contribution in [-0.2, 0) is 0 Å². The zero-order chi connectivity index (χ0) is 14.3. The number of benzene rings is 2. The lowest BCUT2D eigenvalue weighted by atomic mass is 9.97. The molecule has 2 aromatic carbocycles. The van der Waals surface area contributed by atoms with Gasteiger partial charge in [-0.1, -0.05) is 35.9 Å². The van der Waals surface area contributed by atoms with E-state index in [9.17, 15) is 0 Å². The van der Waals surface area contributed by atoms with Gasteiger partial charge in [-0.25, -0.2) is 4.98 Å². The number of hydrogen-bond donors (Lipinski definition) is 2. The van der Waals surface area contributed by atoms with Crippen LogP contribution in [0.1, 0.15) is 5.56 Å². The van der Waals surface area contributed by atoms with E-state index in [-0.39, 0.29) is 5.95 Å². The van der Waals surface area contributed by atoms with Gasteiger partial charge < -0.3 is 11.5 Å². The second kappa shape index (κ2) is 4.65. The second-order valence-corrected chi connectivity index (χ2v) is 4.99. The molecule has 1 aromatic heterocycles. The average Bonchev–Trinajstić information content (AvgIpc) is 2.39. The Kier molecular flexibility index (Phi) is 2.95. The van der Waals surface area contributed by atoms with Crippen LogP contribution in [-0.4, -0.2) is 9.97 Å². The van der Waals surface area contributed by atoms with Crippen LogP contribution < -0.4 is 11.5 Å². The van der Waals surface area contributed by atoms with Gasteiger partial charge in [0, 0.05) is 16.0 Å². The van der Waals surface area contributed by atoms with Crippen molar-refractivity contribution in [1.29, 1.82) is 0 Å². The molecule has 20 heavy (non-hydrogen) atoms. The Balaban J connectivity index is 2.35. The van der Waals surface area contributed by atoms with Crippen LogP contribution >= 0.6 is 11.6 Å². The van der Waals surface area contributed by atoms with Crippen molar-refractivity contribution < 1.29 is 0 Å². The molecule has 0 saturated carbocycles. The van der Waals surface area contributed by atoms with Crippen molar-refractivity contribution in [2.24, 2.45) is 0 Å². The monoisotopic (exact) mass is 284 g/mol. The number of aromatic nitrogens is 2. The Morgan fingerprint density at radius 2 is 1.70 bits per heavy atom. The first-order valence-electron chi connectivity index (χ1n) is 6.15. The quantitative estimate of drug-likeness (QED) is 0.718. The van der Waals surface area contributed by atoms with E-state index < -0.39 is 0 Å². The van der Waals surface area contributed by atoms with Gasteiger partial charge in [0.05, 0.1) is 5.52 Å². The molecule has 0 aliphatic heterocycles. The molecule has 100 valence electrons. The predicted molar refractivity (Wildman–Crippen MR) is 83.5 cm³/mol. The first-order valence-corrected chi connectivity index (χ1v) is 6.53. The lowest BCUT2D eigenvalue weighted by Crippen LogP contribution is -2.02. The molecule has 0 unspecified atom stereocenters. The van der Waals surface area contributed by atoms with Crippen molar-refractivity contribution in [3.8, 4) is 11.1 Å². The molecule has 0 fully saturated rings. The summed E-state index contributed by atoms with van der Waals surface area (Å²) in [7, 11) is 0. The van der Waals surface area contributed by atoms with Gasteiger partial charge >= 0.3 is 0 Å². The SMILES string of the molecule is Cc1c(-c2ccccc2Cl)ccc2nc(N)nc(N)c12. The van der Waals surface area contributed by atoms with Crippen LogP contribution in [0.5, 0.6) is 0 Å². The maximum absolute atomic E-state index is 6.26. The van der Waals surface area contributed by atoms with Gasteiger partial charge in [0.2, 0.25) is 5.95 Å². The average molecular weight is 285 g/mol. The van der Waals surface area contributed by atoms with Gasteiger partial charge in [0.1, 0.15) is 5.82 Å². The maximum Gasteiger partial charge on any atom is 0.222 e. The van der Waals surface area contributed by atoms with E-state index in [0.29, 0.717) is 10.8 Å². The number of fused-ring (bicyclic) bond motifs is 1. The minimum Gasteiger partial charge on any atom is -0.383 e. The van der Waals surface area contributed by atoms with Gasteiger partial charge in [-0.2, -0.15) is 4.98 Å². The molecule has 4 nitrogen and oxygen atoms in total. The first kappa shape index (κ1) is 12.7. The number of nitrogens with zero attached hydrogens (tertiary/aromatic N) is 2. The predicted octanol–water partition coefficient (Wildman–Crippen LogP) is 3.42. The molecule has 0 amide bonds. The molecule has 5 heteroatoms. The summed E-state index contributed by atoms with van der Waals surface area (Å²) in [6.07, 6.45) is 0. The fourth-order valence-electron chi connectivity index (χ4n) is 2.41. The largest absolute Gasteiger partial charge is 0.383 e. The number of anilines is 2. The van der Waals surface area contributed by atoms with Gasteiger partial charge in [-0.05, 0) is 30.2 Å². The number of rotatable bonds is 1. The highest BCUT2D eigenvalue weighted by molar-refractivity contribution is 6.33. The minimum absolute atomic E-state index is 0.180. The van der Waals surface area contributed by atoms with Crippen molar-refractivity contribution in [3.63, 3.8) is 0 Å². The lowest BCUT2D eigenvalue weighted by molar-refractivity contribution is 1.24. The molecule has 1 heterocycles. The third-order valence-electron chi connectivity index (χ3n) is 3.33. The highest BCUT2D eigenvalue weighted by Crippen LogP contribution is 2.35. The Bertz CT molecular complexity index is 814. The number of nitrogens with two attached hydrogens (primary N) is 2. The second-order valence-electron chi connectivity index (χ2n) is 4.58. The molecule has 0 atom stereocenters. The molecule has 0 radical (unpaired) electrons. The van der Waals surface area contributed by atoms with Crippen molar-refractivity contribution in [2.45, 2.75) is 6.92 Å². The summed E-state index contributed by atoms with van der Waals surface area (Å²) < 4.78 is 0. The third-order valence-corrected chi connectivity index (χ3v) is 3.66. The van der Waals surface area contributed by atoms with E-state index in [0.717, 1.165) is 27.6 Å². The summed E-state index contributed by atoms with van der Waals surface area (Å²) in [5.41, 5.74) is 15.3. The topological polar surface area (TPSA) is 77.8 Å². The Morgan fingerprint density at radius 3 is 2.45 bits per heavy atom. The van der Waals surface area contributed by atoms with E-state index in [2.05, 4.69) is 9.97 Å². The van der Waals surface area contributed by atoms with Crippen LogP contribution in [0.2, 0.25) is 5.02 Å². The zero-order valence-electron chi connectivity index (χ0n) is 10.9. The molecular weight excluding hydrogens is 272 g/mol. The van der Waals surface area contributed by atoms with Crippen molar-refractivity contribution in [2.75, 3.05) is 11.5 Å². The van der Waals surface area contributed by atoms with Gasteiger partial charge in [-0.15, -0.1) is 0 Å². The van der Waals surface area contributed by atoms with E-state index in [1.165, 1.54) is 0 Å². The van der Waals surface area contributed by atoms with E-state index in [1.807, 2.05) is 43.3 Å². The Hall–Kier alpha value is -2.33. The number of nitrogen functional groups attached to an aromatic ring is 2. The molecule has 0 saturated heterocycles. The number of hydrogen-bond acceptors (Lipinski definition) is 4. The summed E-state index contributed by atoms with van der Waals surface area (Å²) >= 11 is 6.26. The van der Waals surface area contributed by atoms with E-state index >= 15 is 0 Å². The number of aryl methyl sites for hydroxylation is 1. The first-order chi connectivity index (χ1) is 9.58. The van der Waals surface area contributed by atoms with Crippen LogP contribution in [0.4, 0.5) is 11.8 Å². The molecule has 0 bridgehead atoms. The highest BCUT2D eigenvalue weighted by Gasteiger charge is 2.12. The molecule has 0 aliphatic carbocycles. The van der Waals surface area contributed by atoms with Crippen molar-refractivity contribution in [3.05, 3.63) is 47.0 Å². The summed E-state index contributed by atoms with van der Waals surface area (Å²) in [6, 6.07) is 11.6. The van der Waals surface area contributed by atoms with Gasteiger partial charge in [0.25, 0.3) is 0 Å². The molecular formula is C15H13ClN4. The number of halogens is 1. The van der Waals surface area contributed by atoms with Crippen LogP contribution in [0.3, 0.4) is 0 Å². The van der Waals surface area contributed by atoms with Gasteiger partial charge in [0.15, 0.2) is 0 Å². The Labute approximate surface area is 121 Å². The fraction of sp³-hybridized carbons (Fsp3) is 0.0667. The minimum atomic E-state index is 0.180. The fourth-order valence-corrected chi connectivity index (χ4v) is 2.65. The highest BCUT2D eigenvalue weighted by atomic mass is 35.5. The molecule has 4 N–H and O–H groups in total. The third kappa shape index (κ3) is 1.94. The van der Waals surface area contributed by atoms with Crippen LogP contribution in [0.25, 0.3) is 22.0 Å². The maximum atomic E-state index is 6.26. The standard InChI is InChI=1S/C15H13ClN4/c1-8-9(10-4-2-3-5-11(10)16)6-7-12-13(8)14(17)20-15(18)19-12/h2-7H,1H3,(H4,17,18,19,20). The normalized spacial score (nSPS) is 10.9. The summed E-state index contributed by atoms with van der Waals surface area (Å²) in [5.74, 6) is 0.568. The summed E-state index contributed by atoms with van der Waals surface area (Å²) in [4.78, 5) is 8.24. The lowest BCUT2D eigenvalue weighted by Gasteiger charge is -2.12.